The molecule has 1 fully saturated rings. The topological polar surface area (TPSA) is 49.9 Å². The van der Waals surface area contributed by atoms with E-state index in [-0.39, 0.29) is 18.4 Å². The number of ether oxygens (including phenoxy) is 1. The van der Waals surface area contributed by atoms with E-state index in [4.69, 9.17) is 4.74 Å². The van der Waals surface area contributed by atoms with Gasteiger partial charge in [0.05, 0.1) is 13.7 Å². The molecule has 1 aliphatic rings. The van der Waals surface area contributed by atoms with Crippen molar-refractivity contribution in [1.82, 2.24) is 9.80 Å². The number of rotatable bonds is 8. The normalized spacial score (nSPS) is 15.3. The summed E-state index contributed by atoms with van der Waals surface area (Å²) in [6.07, 6.45) is 2.42. The molecule has 5 heteroatoms. The fraction of sp³-hybridized carbons (Fsp3) is 0.556. The molecule has 0 spiro atoms. The Morgan fingerprint density at radius 3 is 2.48 bits per heavy atom. The van der Waals surface area contributed by atoms with Crippen molar-refractivity contribution < 1.29 is 14.3 Å². The molecule has 0 radical (unpaired) electrons. The summed E-state index contributed by atoms with van der Waals surface area (Å²) in [4.78, 5) is 28.0. The second-order valence-electron chi connectivity index (χ2n) is 6.31. The number of benzene rings is 1. The third kappa shape index (κ3) is 5.36. The van der Waals surface area contributed by atoms with E-state index in [1.807, 2.05) is 42.3 Å². The highest BCUT2D eigenvalue weighted by Crippen LogP contribution is 2.29. The molecule has 1 aromatic rings. The van der Waals surface area contributed by atoms with Crippen molar-refractivity contribution >= 4 is 11.9 Å². The Hall–Kier alpha value is -1.88. The number of methoxy groups -OCH3 is 1. The monoisotopic (exact) mass is 318 g/mol. The molecule has 1 atom stereocenters. The van der Waals surface area contributed by atoms with Crippen molar-refractivity contribution in [3.05, 3.63) is 35.9 Å². The van der Waals surface area contributed by atoms with Crippen LogP contribution < -0.4 is 0 Å². The zero-order chi connectivity index (χ0) is 16.8. The first-order valence-electron chi connectivity index (χ1n) is 8.11. The maximum absolute atomic E-state index is 12.5. The summed E-state index contributed by atoms with van der Waals surface area (Å²) in [5, 5.41) is 0. The average Bonchev–Trinajstić information content (AvgIpc) is 3.37. The number of hydrogen-bond donors (Lipinski definition) is 0. The standard InChI is InChI=1S/C18H26N2O3/c1-14(18(22)23-3)20(12-15-7-5-4-6-8-15)13-17(21)19(2)11-16-9-10-16/h4-8,14,16H,9-13H2,1-3H3/t14-/m0/s1. The maximum atomic E-state index is 12.5. The van der Waals surface area contributed by atoms with E-state index in [2.05, 4.69) is 0 Å². The first kappa shape index (κ1) is 17.5. The van der Waals surface area contributed by atoms with E-state index in [9.17, 15) is 9.59 Å². The fourth-order valence-corrected chi connectivity index (χ4v) is 2.55. The van der Waals surface area contributed by atoms with Crippen LogP contribution in [0.2, 0.25) is 0 Å². The zero-order valence-corrected chi connectivity index (χ0v) is 14.2. The second kappa shape index (κ2) is 8.11. The van der Waals surface area contributed by atoms with E-state index in [0.29, 0.717) is 12.5 Å². The molecule has 1 saturated carbocycles. The Morgan fingerprint density at radius 1 is 1.26 bits per heavy atom. The first-order valence-corrected chi connectivity index (χ1v) is 8.11. The number of carbonyl (C=O) groups is 2. The third-order valence-electron chi connectivity index (χ3n) is 4.31. The Morgan fingerprint density at radius 2 is 1.91 bits per heavy atom. The van der Waals surface area contributed by atoms with Gasteiger partial charge in [0, 0.05) is 20.1 Å². The van der Waals surface area contributed by atoms with E-state index < -0.39 is 6.04 Å². The number of nitrogens with zero attached hydrogens (tertiary/aromatic N) is 2. The van der Waals surface area contributed by atoms with Crippen molar-refractivity contribution in [2.24, 2.45) is 5.92 Å². The molecule has 5 nitrogen and oxygen atoms in total. The molecule has 0 bridgehead atoms. The minimum absolute atomic E-state index is 0.0450. The predicted octanol–water partition coefficient (Wildman–Crippen LogP) is 1.92. The minimum atomic E-state index is -0.460. The van der Waals surface area contributed by atoms with Crippen LogP contribution in [-0.4, -0.2) is 55.0 Å². The van der Waals surface area contributed by atoms with Crippen molar-refractivity contribution in [2.75, 3.05) is 27.2 Å². The van der Waals surface area contributed by atoms with Gasteiger partial charge in [-0.05, 0) is 31.2 Å². The number of hydrogen-bond acceptors (Lipinski definition) is 4. The van der Waals surface area contributed by atoms with Gasteiger partial charge < -0.3 is 9.64 Å². The van der Waals surface area contributed by atoms with Crippen LogP contribution in [-0.2, 0) is 20.9 Å². The van der Waals surface area contributed by atoms with Crippen molar-refractivity contribution in [1.29, 1.82) is 0 Å². The highest BCUT2D eigenvalue weighted by molar-refractivity contribution is 5.80. The lowest BCUT2D eigenvalue weighted by molar-refractivity contribution is -0.147. The van der Waals surface area contributed by atoms with Crippen LogP contribution in [0.1, 0.15) is 25.3 Å². The van der Waals surface area contributed by atoms with Crippen LogP contribution in [0.15, 0.2) is 30.3 Å². The Bertz CT molecular complexity index is 528. The average molecular weight is 318 g/mol. The number of amides is 1. The SMILES string of the molecule is COC(=O)[C@H](C)N(CC(=O)N(C)CC1CC1)Cc1ccccc1. The fourth-order valence-electron chi connectivity index (χ4n) is 2.55. The summed E-state index contributed by atoms with van der Waals surface area (Å²) in [5.74, 6) is 0.381. The van der Waals surface area contributed by atoms with Gasteiger partial charge in [-0.15, -0.1) is 0 Å². The van der Waals surface area contributed by atoms with Gasteiger partial charge in [-0.1, -0.05) is 30.3 Å². The van der Waals surface area contributed by atoms with Gasteiger partial charge in [0.1, 0.15) is 6.04 Å². The molecular weight excluding hydrogens is 292 g/mol. The van der Waals surface area contributed by atoms with Crippen LogP contribution in [0, 0.1) is 5.92 Å². The van der Waals surface area contributed by atoms with Gasteiger partial charge in [-0.3, -0.25) is 14.5 Å². The molecule has 23 heavy (non-hydrogen) atoms. The maximum Gasteiger partial charge on any atom is 0.322 e. The summed E-state index contributed by atoms with van der Waals surface area (Å²) >= 11 is 0. The first-order chi connectivity index (χ1) is 11.0. The summed E-state index contributed by atoms with van der Waals surface area (Å²) in [7, 11) is 3.21. The molecule has 0 aliphatic heterocycles. The molecule has 0 heterocycles. The quantitative estimate of drug-likeness (QED) is 0.687. The lowest BCUT2D eigenvalue weighted by Gasteiger charge is -2.28. The number of esters is 1. The summed E-state index contributed by atoms with van der Waals surface area (Å²) < 4.78 is 4.84. The van der Waals surface area contributed by atoms with Gasteiger partial charge in [0.25, 0.3) is 0 Å². The molecule has 1 aliphatic carbocycles. The van der Waals surface area contributed by atoms with Crippen LogP contribution in [0.4, 0.5) is 0 Å². The lowest BCUT2D eigenvalue weighted by atomic mass is 10.1. The number of carbonyl (C=O) groups excluding carboxylic acids is 2. The smallest absolute Gasteiger partial charge is 0.322 e. The molecule has 1 aromatic carbocycles. The molecular formula is C18H26N2O3. The highest BCUT2D eigenvalue weighted by atomic mass is 16.5. The summed E-state index contributed by atoms with van der Waals surface area (Å²) in [6.45, 7) is 3.35. The van der Waals surface area contributed by atoms with E-state index in [0.717, 1.165) is 12.1 Å². The van der Waals surface area contributed by atoms with Crippen LogP contribution in [0.25, 0.3) is 0 Å². The molecule has 2 rings (SSSR count). The summed E-state index contributed by atoms with van der Waals surface area (Å²) in [5.41, 5.74) is 1.07. The summed E-state index contributed by atoms with van der Waals surface area (Å²) in [6, 6.07) is 9.39. The van der Waals surface area contributed by atoms with Gasteiger partial charge >= 0.3 is 5.97 Å². The van der Waals surface area contributed by atoms with E-state index in [1.54, 1.807) is 11.8 Å². The largest absolute Gasteiger partial charge is 0.468 e. The molecule has 1 amide bonds. The van der Waals surface area contributed by atoms with Gasteiger partial charge in [0.15, 0.2) is 0 Å². The van der Waals surface area contributed by atoms with Gasteiger partial charge in [-0.25, -0.2) is 0 Å². The van der Waals surface area contributed by atoms with Gasteiger partial charge in [-0.2, -0.15) is 0 Å². The van der Waals surface area contributed by atoms with E-state index in [1.165, 1.54) is 20.0 Å². The second-order valence-corrected chi connectivity index (χ2v) is 6.31. The Kier molecular flexibility index (Phi) is 6.16. The predicted molar refractivity (Wildman–Crippen MR) is 88.7 cm³/mol. The Balaban J connectivity index is 2.02. The molecule has 0 saturated heterocycles. The molecule has 0 aromatic heterocycles. The minimum Gasteiger partial charge on any atom is -0.468 e. The molecule has 0 N–H and O–H groups in total. The van der Waals surface area contributed by atoms with E-state index >= 15 is 0 Å². The number of likely N-dealkylation sites (N-methyl/N-ethyl adjacent to an activating group) is 1. The van der Waals surface area contributed by atoms with Crippen LogP contribution in [0.5, 0.6) is 0 Å². The van der Waals surface area contributed by atoms with Crippen LogP contribution in [0.3, 0.4) is 0 Å². The molecule has 0 unspecified atom stereocenters. The molecule has 126 valence electrons. The Labute approximate surface area is 138 Å². The van der Waals surface area contributed by atoms with Crippen molar-refractivity contribution in [3.63, 3.8) is 0 Å². The van der Waals surface area contributed by atoms with Gasteiger partial charge in [0.2, 0.25) is 5.91 Å². The van der Waals surface area contributed by atoms with Crippen molar-refractivity contribution in [3.8, 4) is 0 Å². The lowest BCUT2D eigenvalue weighted by Crippen LogP contribution is -2.45. The third-order valence-corrected chi connectivity index (χ3v) is 4.31. The highest BCUT2D eigenvalue weighted by Gasteiger charge is 2.28. The van der Waals surface area contributed by atoms with Crippen molar-refractivity contribution in [2.45, 2.75) is 32.4 Å². The zero-order valence-electron chi connectivity index (χ0n) is 14.2. The van der Waals surface area contributed by atoms with Crippen LogP contribution >= 0.6 is 0 Å².